The highest BCUT2D eigenvalue weighted by Crippen LogP contribution is 2.50. The van der Waals surface area contributed by atoms with Crippen LogP contribution in [0.4, 0.5) is 0 Å². The predicted molar refractivity (Wildman–Crippen MR) is 146 cm³/mol. The summed E-state index contributed by atoms with van der Waals surface area (Å²) in [7, 11) is 0. The Balaban J connectivity index is 1.68. The zero-order chi connectivity index (χ0) is 35.1. The molecule has 0 N–H and O–H groups in total. The minimum atomic E-state index is -3.77. The van der Waals surface area contributed by atoms with Crippen molar-refractivity contribution in [2.45, 2.75) is 38.2 Å². The maximum Gasteiger partial charge on any atom is 0.0356 e. The van der Waals surface area contributed by atoms with Gasteiger partial charge in [0.2, 0.25) is 0 Å². The summed E-state index contributed by atoms with van der Waals surface area (Å²) in [6.07, 6.45) is -19.0. The summed E-state index contributed by atoms with van der Waals surface area (Å²) in [5, 5.41) is 2.87. The van der Waals surface area contributed by atoms with Gasteiger partial charge in [-0.2, -0.15) is 0 Å². The van der Waals surface area contributed by atoms with E-state index in [1.165, 1.54) is 6.08 Å². The molecule has 0 aliphatic heterocycles. The predicted octanol–water partition coefficient (Wildman–Crippen LogP) is 9.37. The molecule has 4 aromatic carbocycles. The second-order valence-electron chi connectivity index (χ2n) is 8.50. The molecule has 4 aromatic rings. The van der Waals surface area contributed by atoms with Gasteiger partial charge in [-0.25, -0.2) is 0 Å². The fourth-order valence-electron chi connectivity index (χ4n) is 4.92. The standard InChI is InChI=1S/C34H30/c1-2-12-26-20-28-22-34(32-18-8-14-24-10-4-6-16-30(24)32)33(21-27(28)19-25(26)11-1)31-17-7-13-23-9-3-5-15-29(23)31/h3-10,13-19,21,26,28H,1-2,11-12,20,22H2/i1D2,2D2,11D2,12D2,20D2,22D2,26D,28D. The first-order valence-electron chi connectivity index (χ1n) is 18.3. The molecule has 1 saturated carbocycles. The highest BCUT2D eigenvalue weighted by atomic mass is 14.4. The van der Waals surface area contributed by atoms with Gasteiger partial charge in [0.15, 0.2) is 0 Å². The van der Waals surface area contributed by atoms with E-state index in [2.05, 4.69) is 0 Å². The Labute approximate surface area is 222 Å². The summed E-state index contributed by atoms with van der Waals surface area (Å²) in [6, 6.07) is 25.2. The van der Waals surface area contributed by atoms with E-state index in [1.54, 1.807) is 36.4 Å². The van der Waals surface area contributed by atoms with Crippen molar-refractivity contribution in [3.8, 4) is 0 Å². The lowest BCUT2D eigenvalue weighted by atomic mass is 9.67. The number of fused-ring (bicyclic) bond motifs is 4. The SMILES string of the molecule is [2H]C1([2H])C2=CC3=CC(c4cccc5ccccc45)=C(c4cccc5ccccc45)C([2H])([2H])C3([2H])C([2H])([2H])C2([2H])C([2H])([2H])C([2H])([2H])C1([2H])[2H]. The Bertz CT molecular complexity index is 2130. The third-order valence-corrected chi connectivity index (χ3v) is 6.51. The fourth-order valence-corrected chi connectivity index (χ4v) is 4.92. The molecule has 0 heterocycles. The van der Waals surface area contributed by atoms with Gasteiger partial charge in [-0.15, -0.1) is 0 Å². The Morgan fingerprint density at radius 1 is 0.676 bits per heavy atom. The monoisotopic (exact) mass is 452 g/mol. The van der Waals surface area contributed by atoms with Crippen molar-refractivity contribution in [2.24, 2.45) is 11.8 Å². The van der Waals surface area contributed by atoms with Crippen LogP contribution in [0.2, 0.25) is 0 Å². The van der Waals surface area contributed by atoms with Crippen LogP contribution in [0.5, 0.6) is 0 Å². The summed E-state index contributed by atoms with van der Waals surface area (Å²) in [6.45, 7) is 0. The topological polar surface area (TPSA) is 0 Å². The van der Waals surface area contributed by atoms with E-state index in [1.807, 2.05) is 48.5 Å². The molecule has 7 rings (SSSR count). The van der Waals surface area contributed by atoms with E-state index in [0.717, 1.165) is 16.8 Å². The summed E-state index contributed by atoms with van der Waals surface area (Å²) in [5.74, 6) is -6.72. The van der Waals surface area contributed by atoms with Gasteiger partial charge in [0.1, 0.15) is 0 Å². The Morgan fingerprint density at radius 2 is 1.35 bits per heavy atom. The quantitative estimate of drug-likeness (QED) is 0.284. The summed E-state index contributed by atoms with van der Waals surface area (Å²) >= 11 is 0. The molecule has 0 saturated heterocycles. The summed E-state index contributed by atoms with van der Waals surface area (Å²) in [4.78, 5) is 0. The highest BCUT2D eigenvalue weighted by Gasteiger charge is 2.33. The molecule has 0 bridgehead atoms. The van der Waals surface area contributed by atoms with Gasteiger partial charge in [0, 0.05) is 19.2 Å². The van der Waals surface area contributed by atoms with Gasteiger partial charge in [-0.1, -0.05) is 109 Å². The van der Waals surface area contributed by atoms with Crippen molar-refractivity contribution in [3.63, 3.8) is 0 Å². The molecule has 0 heteroatoms. The molecule has 166 valence electrons. The lowest BCUT2D eigenvalue weighted by Gasteiger charge is -2.38. The van der Waals surface area contributed by atoms with Crippen molar-refractivity contribution in [3.05, 3.63) is 119 Å². The second-order valence-corrected chi connectivity index (χ2v) is 8.50. The molecule has 1 fully saturated rings. The third kappa shape index (κ3) is 3.28. The van der Waals surface area contributed by atoms with Crippen molar-refractivity contribution in [2.75, 3.05) is 0 Å². The summed E-state index contributed by atoms with van der Waals surface area (Å²) in [5.41, 5.74) is -0.419. The first-order chi connectivity index (χ1) is 22.1. The number of hydrogen-bond donors (Lipinski definition) is 0. The summed E-state index contributed by atoms with van der Waals surface area (Å²) < 4.78 is 127. The van der Waals surface area contributed by atoms with Crippen LogP contribution in [0.1, 0.15) is 68.6 Å². The van der Waals surface area contributed by atoms with Crippen molar-refractivity contribution >= 4 is 32.7 Å². The normalized spacial score (nSPS) is 41.5. The van der Waals surface area contributed by atoms with Crippen LogP contribution in [0, 0.1) is 11.8 Å². The number of benzene rings is 4. The first kappa shape index (κ1) is 10.5. The molecular formula is C34H30. The van der Waals surface area contributed by atoms with Crippen molar-refractivity contribution in [1.29, 1.82) is 0 Å². The zero-order valence-electron chi connectivity index (χ0n) is 32.2. The number of allylic oxidation sites excluding steroid dienone is 6. The molecular weight excluding hydrogens is 408 g/mol. The lowest BCUT2D eigenvalue weighted by molar-refractivity contribution is 0.365. The maximum atomic E-state index is 9.85. The number of rotatable bonds is 2. The second kappa shape index (κ2) is 8.13. The Hall–Kier alpha value is -3.38. The molecule has 0 spiro atoms. The molecule has 0 nitrogen and oxygen atoms in total. The van der Waals surface area contributed by atoms with Crippen molar-refractivity contribution < 1.29 is 19.2 Å². The van der Waals surface area contributed by atoms with Gasteiger partial charge in [-0.3, -0.25) is 0 Å². The van der Waals surface area contributed by atoms with Crippen LogP contribution in [0.25, 0.3) is 32.7 Å². The minimum Gasteiger partial charge on any atom is -0.0668 e. The van der Waals surface area contributed by atoms with Crippen LogP contribution in [0.15, 0.2) is 108 Å². The van der Waals surface area contributed by atoms with Gasteiger partial charge in [0.05, 0.1) is 0 Å². The van der Waals surface area contributed by atoms with E-state index < -0.39 is 61.2 Å². The average molecular weight is 453 g/mol. The van der Waals surface area contributed by atoms with E-state index in [0.29, 0.717) is 21.9 Å². The first-order valence-corrected chi connectivity index (χ1v) is 11.3. The van der Waals surface area contributed by atoms with Gasteiger partial charge >= 0.3 is 0 Å². The smallest absolute Gasteiger partial charge is 0.0356 e. The van der Waals surface area contributed by atoms with Gasteiger partial charge in [-0.05, 0) is 93.0 Å². The van der Waals surface area contributed by atoms with E-state index >= 15 is 0 Å². The Kier molecular flexibility index (Phi) is 2.51. The molecule has 0 aromatic heterocycles. The fraction of sp³-hybridized carbons (Fsp3) is 0.235. The van der Waals surface area contributed by atoms with Crippen LogP contribution >= 0.6 is 0 Å². The molecule has 3 aliphatic rings. The lowest BCUT2D eigenvalue weighted by Crippen LogP contribution is -2.23. The third-order valence-electron chi connectivity index (χ3n) is 6.51. The molecule has 3 aliphatic carbocycles. The minimum absolute atomic E-state index is 0.101. The van der Waals surface area contributed by atoms with Crippen LogP contribution in [-0.4, -0.2) is 0 Å². The highest BCUT2D eigenvalue weighted by molar-refractivity contribution is 6.09. The van der Waals surface area contributed by atoms with E-state index in [4.69, 9.17) is 11.0 Å². The molecule has 2 atom stereocenters. The number of hydrogen-bond acceptors (Lipinski definition) is 0. The maximum absolute atomic E-state index is 9.85. The van der Waals surface area contributed by atoms with Gasteiger partial charge in [0.25, 0.3) is 0 Å². The van der Waals surface area contributed by atoms with Crippen molar-refractivity contribution in [1.82, 2.24) is 0 Å². The van der Waals surface area contributed by atoms with Crippen LogP contribution in [-0.2, 0) is 0 Å². The largest absolute Gasteiger partial charge is 0.0668 e. The molecule has 2 unspecified atom stereocenters. The van der Waals surface area contributed by atoms with Crippen LogP contribution < -0.4 is 0 Å². The molecule has 0 amide bonds. The van der Waals surface area contributed by atoms with Gasteiger partial charge < -0.3 is 0 Å². The Morgan fingerprint density at radius 3 is 2.15 bits per heavy atom. The molecule has 34 heavy (non-hydrogen) atoms. The van der Waals surface area contributed by atoms with E-state index in [-0.39, 0.29) is 11.1 Å². The zero-order valence-corrected chi connectivity index (χ0v) is 18.2. The van der Waals surface area contributed by atoms with E-state index in [9.17, 15) is 8.22 Å². The average Bonchev–Trinajstić information content (AvgIpc) is 3.03. The van der Waals surface area contributed by atoms with Crippen LogP contribution in [0.3, 0.4) is 0 Å². The molecule has 0 radical (unpaired) electrons.